The van der Waals surface area contributed by atoms with E-state index in [0.717, 1.165) is 43.1 Å². The number of morpholine rings is 1. The van der Waals surface area contributed by atoms with Crippen LogP contribution >= 0.6 is 11.6 Å². The van der Waals surface area contributed by atoms with E-state index in [2.05, 4.69) is 29.2 Å². The van der Waals surface area contributed by atoms with E-state index in [-0.39, 0.29) is 0 Å². The van der Waals surface area contributed by atoms with E-state index in [1.54, 1.807) is 12.1 Å². The predicted molar refractivity (Wildman–Crippen MR) is 116 cm³/mol. The Morgan fingerprint density at radius 2 is 1.65 bits per heavy atom. The molecule has 168 valence electrons. The Morgan fingerprint density at radius 1 is 0.935 bits per heavy atom. The molecule has 0 amide bonds. The molecule has 0 radical (unpaired) electrons. The van der Waals surface area contributed by atoms with E-state index in [1.807, 2.05) is 6.07 Å². The summed E-state index contributed by atoms with van der Waals surface area (Å²) in [6.07, 6.45) is -5.35. The minimum atomic E-state index is -1.41. The highest BCUT2D eigenvalue weighted by molar-refractivity contribution is 6.31. The van der Waals surface area contributed by atoms with Gasteiger partial charge in [0.05, 0.1) is 19.8 Å². The second kappa shape index (κ2) is 9.83. The van der Waals surface area contributed by atoms with Crippen molar-refractivity contribution in [2.75, 3.05) is 37.8 Å². The first-order valence-corrected chi connectivity index (χ1v) is 10.9. The molecule has 5 atom stereocenters. The van der Waals surface area contributed by atoms with E-state index in [4.69, 9.17) is 21.1 Å². The lowest BCUT2D eigenvalue weighted by molar-refractivity contribution is -0.231. The van der Waals surface area contributed by atoms with Crippen LogP contribution < -0.4 is 4.90 Å². The molecule has 8 heteroatoms. The van der Waals surface area contributed by atoms with Crippen LogP contribution in [0.25, 0.3) is 0 Å². The van der Waals surface area contributed by atoms with E-state index in [0.29, 0.717) is 17.0 Å². The molecule has 0 aromatic heterocycles. The lowest BCUT2D eigenvalue weighted by Crippen LogP contribution is -2.55. The maximum Gasteiger partial charge on any atom is 0.113 e. The van der Waals surface area contributed by atoms with Crippen LogP contribution in [-0.2, 0) is 15.9 Å². The second-order valence-corrected chi connectivity index (χ2v) is 8.45. The Bertz CT molecular complexity index is 871. The van der Waals surface area contributed by atoms with Crippen LogP contribution in [0.5, 0.6) is 0 Å². The van der Waals surface area contributed by atoms with Crippen LogP contribution in [0.2, 0.25) is 5.02 Å². The summed E-state index contributed by atoms with van der Waals surface area (Å²) in [6.45, 7) is 2.78. The molecule has 0 spiro atoms. The molecule has 2 saturated heterocycles. The maximum atomic E-state index is 10.4. The number of hydrogen-bond acceptors (Lipinski definition) is 7. The number of halogens is 1. The molecular weight excluding hydrogens is 422 g/mol. The minimum absolute atomic E-state index is 0.461. The average Bonchev–Trinajstić information content (AvgIpc) is 2.80. The van der Waals surface area contributed by atoms with Crippen molar-refractivity contribution in [1.82, 2.24) is 0 Å². The van der Waals surface area contributed by atoms with Gasteiger partial charge in [0.2, 0.25) is 0 Å². The van der Waals surface area contributed by atoms with Gasteiger partial charge in [0.1, 0.15) is 30.5 Å². The zero-order chi connectivity index (χ0) is 22.0. The lowest BCUT2D eigenvalue weighted by Gasteiger charge is -2.40. The minimum Gasteiger partial charge on any atom is -0.394 e. The summed E-state index contributed by atoms with van der Waals surface area (Å²) in [5.41, 5.74) is 3.73. The molecule has 7 nitrogen and oxygen atoms in total. The van der Waals surface area contributed by atoms with Gasteiger partial charge in [-0.25, -0.2) is 0 Å². The molecule has 2 aliphatic rings. The third-order valence-corrected chi connectivity index (χ3v) is 6.37. The maximum absolute atomic E-state index is 10.4. The first kappa shape index (κ1) is 22.5. The summed E-state index contributed by atoms with van der Waals surface area (Å²) in [5, 5.41) is 40.5. The summed E-state index contributed by atoms with van der Waals surface area (Å²) < 4.78 is 11.1. The molecule has 2 heterocycles. The van der Waals surface area contributed by atoms with Gasteiger partial charge < -0.3 is 34.8 Å². The van der Waals surface area contributed by atoms with Crippen LogP contribution in [0.4, 0.5) is 5.69 Å². The number of ether oxygens (including phenoxy) is 2. The Hall–Kier alpha value is -1.71. The van der Waals surface area contributed by atoms with E-state index >= 15 is 0 Å². The zero-order valence-corrected chi connectivity index (χ0v) is 17.9. The van der Waals surface area contributed by atoms with E-state index in [1.165, 1.54) is 0 Å². The van der Waals surface area contributed by atoms with Crippen molar-refractivity contribution in [3.8, 4) is 0 Å². The number of aliphatic hydroxyl groups excluding tert-OH is 4. The summed E-state index contributed by atoms with van der Waals surface area (Å²) in [6, 6.07) is 13.6. The molecule has 2 aromatic rings. The normalized spacial score (nSPS) is 29.2. The van der Waals surface area contributed by atoms with Crippen molar-refractivity contribution in [2.45, 2.75) is 36.9 Å². The zero-order valence-electron chi connectivity index (χ0n) is 17.1. The third kappa shape index (κ3) is 4.88. The lowest BCUT2D eigenvalue weighted by atomic mass is 9.90. The second-order valence-electron chi connectivity index (χ2n) is 8.04. The van der Waals surface area contributed by atoms with Crippen LogP contribution in [0, 0.1) is 0 Å². The fourth-order valence-electron chi connectivity index (χ4n) is 4.15. The van der Waals surface area contributed by atoms with E-state index < -0.39 is 37.1 Å². The predicted octanol–water partition coefficient (Wildman–Crippen LogP) is 1.28. The van der Waals surface area contributed by atoms with Crippen LogP contribution in [0.1, 0.15) is 22.8 Å². The number of anilines is 1. The molecule has 0 aliphatic carbocycles. The Balaban J connectivity index is 1.51. The Labute approximate surface area is 186 Å². The SMILES string of the molecule is OC[C@H]1O[C@@H](c2ccc(Cl)c(Cc3ccc(N4CCOCC4)cc3)c2)[C@H](O)[C@@H](O)[C@@H]1O. The quantitative estimate of drug-likeness (QED) is 0.545. The number of hydrogen-bond donors (Lipinski definition) is 4. The first-order valence-electron chi connectivity index (χ1n) is 10.5. The summed E-state index contributed by atoms with van der Waals surface area (Å²) in [4.78, 5) is 2.29. The van der Waals surface area contributed by atoms with Crippen LogP contribution in [0.15, 0.2) is 42.5 Å². The molecule has 0 saturated carbocycles. The van der Waals surface area contributed by atoms with Gasteiger partial charge in [-0.3, -0.25) is 0 Å². The molecule has 31 heavy (non-hydrogen) atoms. The number of aliphatic hydroxyl groups is 4. The Morgan fingerprint density at radius 3 is 2.32 bits per heavy atom. The summed E-state index contributed by atoms with van der Waals surface area (Å²) in [5.74, 6) is 0. The largest absolute Gasteiger partial charge is 0.394 e. The standard InChI is InChI=1S/C23H28ClNO6/c24-18-6-3-15(23-22(29)21(28)20(27)19(13-26)31-23)12-16(18)11-14-1-4-17(5-2-14)25-7-9-30-10-8-25/h1-6,12,19-23,26-29H,7-11,13H2/t19-,20-,21+,22-,23+/m1/s1. The van der Waals surface area contributed by atoms with Crippen molar-refractivity contribution in [3.05, 3.63) is 64.2 Å². The number of benzene rings is 2. The molecular formula is C23H28ClNO6. The fourth-order valence-corrected chi connectivity index (χ4v) is 4.33. The van der Waals surface area contributed by atoms with Gasteiger partial charge >= 0.3 is 0 Å². The molecule has 2 fully saturated rings. The molecule has 0 bridgehead atoms. The molecule has 0 unspecified atom stereocenters. The molecule has 4 rings (SSSR count). The number of rotatable bonds is 5. The molecule has 2 aromatic carbocycles. The van der Waals surface area contributed by atoms with Crippen molar-refractivity contribution >= 4 is 17.3 Å². The highest BCUT2D eigenvalue weighted by Gasteiger charge is 2.44. The fraction of sp³-hybridized carbons (Fsp3) is 0.478. The number of nitrogens with zero attached hydrogens (tertiary/aromatic N) is 1. The topological polar surface area (TPSA) is 103 Å². The van der Waals surface area contributed by atoms with Gasteiger partial charge in [-0.2, -0.15) is 0 Å². The highest BCUT2D eigenvalue weighted by atomic mass is 35.5. The van der Waals surface area contributed by atoms with Crippen molar-refractivity contribution in [3.63, 3.8) is 0 Å². The monoisotopic (exact) mass is 449 g/mol. The third-order valence-electron chi connectivity index (χ3n) is 6.00. The van der Waals surface area contributed by atoms with Gasteiger partial charge in [-0.15, -0.1) is 0 Å². The summed E-state index contributed by atoms with van der Waals surface area (Å²) in [7, 11) is 0. The Kier molecular flexibility index (Phi) is 7.13. The van der Waals surface area contributed by atoms with Crippen molar-refractivity contribution < 1.29 is 29.9 Å². The molecule has 4 N–H and O–H groups in total. The van der Waals surface area contributed by atoms with Crippen LogP contribution in [0.3, 0.4) is 0 Å². The molecule has 2 aliphatic heterocycles. The van der Waals surface area contributed by atoms with Gasteiger partial charge in [-0.1, -0.05) is 35.9 Å². The van der Waals surface area contributed by atoms with E-state index in [9.17, 15) is 20.4 Å². The van der Waals surface area contributed by atoms with Gasteiger partial charge in [0.15, 0.2) is 0 Å². The van der Waals surface area contributed by atoms with Gasteiger partial charge in [0, 0.05) is 23.8 Å². The average molecular weight is 450 g/mol. The van der Waals surface area contributed by atoms with Crippen LogP contribution in [-0.4, -0.2) is 77.8 Å². The highest BCUT2D eigenvalue weighted by Crippen LogP contribution is 2.34. The smallest absolute Gasteiger partial charge is 0.113 e. The first-order chi connectivity index (χ1) is 15.0. The van der Waals surface area contributed by atoms with Gasteiger partial charge in [-0.05, 0) is 41.3 Å². The van der Waals surface area contributed by atoms with Crippen molar-refractivity contribution in [1.29, 1.82) is 0 Å². The van der Waals surface area contributed by atoms with Crippen molar-refractivity contribution in [2.24, 2.45) is 0 Å². The summed E-state index contributed by atoms with van der Waals surface area (Å²) >= 11 is 6.43. The van der Waals surface area contributed by atoms with Gasteiger partial charge in [0.25, 0.3) is 0 Å².